The van der Waals surface area contributed by atoms with Crippen LogP contribution in [0.5, 0.6) is 5.75 Å². The van der Waals surface area contributed by atoms with Crippen LogP contribution in [0.4, 0.5) is 5.69 Å². The van der Waals surface area contributed by atoms with Gasteiger partial charge in [0, 0.05) is 18.8 Å². The third-order valence-electron chi connectivity index (χ3n) is 7.43. The predicted molar refractivity (Wildman–Crippen MR) is 170 cm³/mol. The number of hydrogen-bond acceptors (Lipinski definition) is 4. The molecule has 42 heavy (non-hydrogen) atoms. The van der Waals surface area contributed by atoms with Crippen molar-refractivity contribution in [2.75, 3.05) is 11.3 Å². The van der Waals surface area contributed by atoms with E-state index in [1.165, 1.54) is 23.8 Å². The molecule has 1 amide bonds. The molecule has 6 nitrogen and oxygen atoms in total. The first-order chi connectivity index (χ1) is 19.9. The molecule has 220 valence electrons. The molecule has 0 saturated carbocycles. The molecule has 4 aromatic rings. The van der Waals surface area contributed by atoms with Crippen LogP contribution in [-0.2, 0) is 23.2 Å². The number of benzene rings is 4. The average molecular weight is 605 g/mol. The van der Waals surface area contributed by atoms with Gasteiger partial charge in [-0.05, 0) is 111 Å². The van der Waals surface area contributed by atoms with E-state index in [9.17, 15) is 13.2 Å². The van der Waals surface area contributed by atoms with Gasteiger partial charge in [0.05, 0.1) is 15.5 Å². The van der Waals surface area contributed by atoms with Crippen LogP contribution >= 0.6 is 11.6 Å². The van der Waals surface area contributed by atoms with E-state index in [1.807, 2.05) is 65.0 Å². The standard InChI is InChI=1S/C34H37ClN2O4S/c1-7-37(20-27-16-25(5)33(26(6)17-27)41-21-28-11-9-8-10-23(28)3)34(38)31-19-30(14-15-32(31)35)42(39,40)36-29-13-12-22(2)24(4)18-29/h8-19,36H,7,20-21H2,1-6H3. The average Bonchev–Trinajstić information content (AvgIpc) is 2.94. The second-order valence-electron chi connectivity index (χ2n) is 10.6. The number of amides is 1. The van der Waals surface area contributed by atoms with Gasteiger partial charge in [-0.1, -0.05) is 54.1 Å². The number of sulfonamides is 1. The first kappa shape index (κ1) is 31.1. The van der Waals surface area contributed by atoms with E-state index in [0.29, 0.717) is 25.4 Å². The van der Waals surface area contributed by atoms with Crippen molar-refractivity contribution in [2.45, 2.75) is 59.6 Å². The Hall–Kier alpha value is -3.81. The van der Waals surface area contributed by atoms with Crippen LogP contribution < -0.4 is 9.46 Å². The van der Waals surface area contributed by atoms with Crippen molar-refractivity contribution in [1.82, 2.24) is 4.90 Å². The number of carbonyl (C=O) groups is 1. The number of rotatable bonds is 10. The summed E-state index contributed by atoms with van der Waals surface area (Å²) in [4.78, 5) is 15.3. The largest absolute Gasteiger partial charge is 0.488 e. The zero-order valence-corrected chi connectivity index (χ0v) is 26.5. The molecule has 0 spiro atoms. The van der Waals surface area contributed by atoms with E-state index < -0.39 is 10.0 Å². The molecule has 4 aromatic carbocycles. The Bertz CT molecular complexity index is 1710. The van der Waals surface area contributed by atoms with Gasteiger partial charge in [-0.2, -0.15) is 0 Å². The van der Waals surface area contributed by atoms with Crippen molar-refractivity contribution in [1.29, 1.82) is 0 Å². The van der Waals surface area contributed by atoms with E-state index in [1.54, 1.807) is 17.0 Å². The Morgan fingerprint density at radius 2 is 1.52 bits per heavy atom. The van der Waals surface area contributed by atoms with Gasteiger partial charge in [0.25, 0.3) is 15.9 Å². The maximum atomic E-state index is 13.7. The van der Waals surface area contributed by atoms with Crippen LogP contribution in [0.25, 0.3) is 0 Å². The van der Waals surface area contributed by atoms with Crippen LogP contribution in [0, 0.1) is 34.6 Å². The maximum Gasteiger partial charge on any atom is 0.261 e. The molecule has 0 aliphatic carbocycles. The van der Waals surface area contributed by atoms with Gasteiger partial charge < -0.3 is 9.64 Å². The summed E-state index contributed by atoms with van der Waals surface area (Å²) in [7, 11) is -3.94. The fraction of sp³-hybridized carbons (Fsp3) is 0.265. The summed E-state index contributed by atoms with van der Waals surface area (Å²) in [6, 6.07) is 21.7. The van der Waals surface area contributed by atoms with Crippen molar-refractivity contribution < 1.29 is 17.9 Å². The highest BCUT2D eigenvalue weighted by atomic mass is 35.5. The molecule has 0 aliphatic heterocycles. The molecule has 0 unspecified atom stereocenters. The number of aryl methyl sites for hydroxylation is 5. The van der Waals surface area contributed by atoms with Crippen molar-refractivity contribution >= 4 is 33.2 Å². The number of ether oxygens (including phenoxy) is 1. The molecule has 1 N–H and O–H groups in total. The predicted octanol–water partition coefficient (Wildman–Crippen LogP) is 7.92. The highest BCUT2D eigenvalue weighted by Crippen LogP contribution is 2.29. The molecule has 0 aliphatic rings. The summed E-state index contributed by atoms with van der Waals surface area (Å²) in [5.74, 6) is 0.481. The zero-order chi connectivity index (χ0) is 30.6. The van der Waals surface area contributed by atoms with Crippen molar-refractivity contribution in [3.63, 3.8) is 0 Å². The van der Waals surface area contributed by atoms with Crippen molar-refractivity contribution in [3.8, 4) is 5.75 Å². The number of nitrogens with zero attached hydrogens (tertiary/aromatic N) is 1. The Labute approximate surface area is 254 Å². The lowest BCUT2D eigenvalue weighted by molar-refractivity contribution is 0.0752. The molecule has 8 heteroatoms. The SMILES string of the molecule is CCN(Cc1cc(C)c(OCc2ccccc2C)c(C)c1)C(=O)c1cc(S(=O)(=O)Nc2ccc(C)c(C)c2)ccc1Cl. The monoisotopic (exact) mass is 604 g/mol. The minimum absolute atomic E-state index is 0.0358. The van der Waals surface area contributed by atoms with Gasteiger partial charge in [0.1, 0.15) is 12.4 Å². The Morgan fingerprint density at radius 3 is 2.17 bits per heavy atom. The van der Waals surface area contributed by atoms with E-state index in [0.717, 1.165) is 39.1 Å². The molecule has 0 aromatic heterocycles. The van der Waals surface area contributed by atoms with Gasteiger partial charge in [0.15, 0.2) is 0 Å². The maximum absolute atomic E-state index is 13.7. The zero-order valence-electron chi connectivity index (χ0n) is 24.9. The molecule has 0 heterocycles. The summed E-state index contributed by atoms with van der Waals surface area (Å²) >= 11 is 6.43. The van der Waals surface area contributed by atoms with E-state index in [-0.39, 0.29) is 21.4 Å². The Balaban J connectivity index is 1.53. The van der Waals surface area contributed by atoms with Crippen LogP contribution in [-0.4, -0.2) is 25.8 Å². The summed E-state index contributed by atoms with van der Waals surface area (Å²) in [6.07, 6.45) is 0. The highest BCUT2D eigenvalue weighted by Gasteiger charge is 2.23. The molecule has 0 atom stereocenters. The van der Waals surface area contributed by atoms with Gasteiger partial charge in [-0.25, -0.2) is 8.42 Å². The lowest BCUT2D eigenvalue weighted by Crippen LogP contribution is -2.31. The molecular formula is C34H37ClN2O4S. The molecule has 0 radical (unpaired) electrons. The summed E-state index contributed by atoms with van der Waals surface area (Å²) in [6.45, 7) is 13.0. The van der Waals surface area contributed by atoms with Crippen molar-refractivity contribution in [2.24, 2.45) is 0 Å². The van der Waals surface area contributed by atoms with Gasteiger partial charge in [0.2, 0.25) is 0 Å². The number of hydrogen-bond donors (Lipinski definition) is 1. The Kier molecular flexibility index (Phi) is 9.64. The highest BCUT2D eigenvalue weighted by molar-refractivity contribution is 7.92. The third kappa shape index (κ3) is 7.15. The van der Waals surface area contributed by atoms with Gasteiger partial charge in [-0.15, -0.1) is 0 Å². The lowest BCUT2D eigenvalue weighted by Gasteiger charge is -2.23. The molecular weight excluding hydrogens is 568 g/mol. The number of nitrogens with one attached hydrogen (secondary N) is 1. The van der Waals surface area contributed by atoms with Crippen LogP contribution in [0.2, 0.25) is 5.02 Å². The number of halogens is 1. The Morgan fingerprint density at radius 1 is 0.833 bits per heavy atom. The first-order valence-electron chi connectivity index (χ1n) is 13.9. The molecule has 4 rings (SSSR count). The fourth-order valence-electron chi connectivity index (χ4n) is 4.85. The smallest absolute Gasteiger partial charge is 0.261 e. The molecule has 0 bridgehead atoms. The van der Waals surface area contributed by atoms with Crippen LogP contribution in [0.15, 0.2) is 77.7 Å². The third-order valence-corrected chi connectivity index (χ3v) is 9.14. The minimum atomic E-state index is -3.94. The van der Waals surface area contributed by atoms with E-state index >= 15 is 0 Å². The minimum Gasteiger partial charge on any atom is -0.488 e. The quantitative estimate of drug-likeness (QED) is 0.199. The van der Waals surface area contributed by atoms with Crippen molar-refractivity contribution in [3.05, 3.63) is 122 Å². The molecule has 0 fully saturated rings. The summed E-state index contributed by atoms with van der Waals surface area (Å²) in [5, 5.41) is 0.191. The second-order valence-corrected chi connectivity index (χ2v) is 12.7. The lowest BCUT2D eigenvalue weighted by atomic mass is 10.0. The topological polar surface area (TPSA) is 75.7 Å². The van der Waals surface area contributed by atoms with Gasteiger partial charge >= 0.3 is 0 Å². The normalized spacial score (nSPS) is 11.3. The molecule has 0 saturated heterocycles. The van der Waals surface area contributed by atoms with Gasteiger partial charge in [-0.3, -0.25) is 9.52 Å². The second kappa shape index (κ2) is 13.0. The van der Waals surface area contributed by atoms with E-state index in [4.69, 9.17) is 16.3 Å². The first-order valence-corrected chi connectivity index (χ1v) is 15.7. The summed E-state index contributed by atoms with van der Waals surface area (Å²) < 4.78 is 35.2. The van der Waals surface area contributed by atoms with Crippen LogP contribution in [0.3, 0.4) is 0 Å². The number of anilines is 1. The summed E-state index contributed by atoms with van der Waals surface area (Å²) in [5.41, 5.74) is 7.83. The number of carbonyl (C=O) groups excluding carboxylic acids is 1. The fourth-order valence-corrected chi connectivity index (χ4v) is 6.13. The van der Waals surface area contributed by atoms with E-state index in [2.05, 4.69) is 23.8 Å². The van der Waals surface area contributed by atoms with Crippen LogP contribution in [0.1, 0.15) is 56.2 Å².